The molecule has 0 aliphatic rings. The largest absolute Gasteiger partial charge is 0.275 e. The maximum Gasteiger partial charge on any atom is 0.275 e. The number of rotatable bonds is 3. The van der Waals surface area contributed by atoms with Crippen LogP contribution in [-0.4, -0.2) is 14.3 Å². The summed E-state index contributed by atoms with van der Waals surface area (Å²) in [6.45, 7) is 5.37. The van der Waals surface area contributed by atoms with Gasteiger partial charge in [0.1, 0.15) is 0 Å². The molecule has 0 saturated heterocycles. The summed E-state index contributed by atoms with van der Waals surface area (Å²) in [5.74, 6) is -0.594. The van der Waals surface area contributed by atoms with Gasteiger partial charge in [0.25, 0.3) is 15.9 Å². The molecule has 1 aromatic heterocycles. The number of amides is 1. The molecule has 1 heterocycles. The van der Waals surface area contributed by atoms with E-state index in [1.54, 1.807) is 31.2 Å². The Morgan fingerprint density at radius 1 is 1.10 bits per heavy atom. The van der Waals surface area contributed by atoms with Crippen molar-refractivity contribution in [1.82, 2.24) is 4.72 Å². The minimum Gasteiger partial charge on any atom is -0.267 e. The monoisotopic (exact) mass is 309 g/mol. The van der Waals surface area contributed by atoms with Crippen LogP contribution in [0.2, 0.25) is 0 Å². The average Bonchev–Trinajstić information content (AvgIpc) is 2.78. The first-order valence-corrected chi connectivity index (χ1v) is 8.30. The Labute approximate surface area is 122 Å². The molecule has 0 atom stereocenters. The molecule has 4 nitrogen and oxygen atoms in total. The van der Waals surface area contributed by atoms with Crippen molar-refractivity contribution in [3.8, 4) is 0 Å². The summed E-state index contributed by atoms with van der Waals surface area (Å²) in [6, 6.07) is 8.52. The van der Waals surface area contributed by atoms with Gasteiger partial charge >= 0.3 is 0 Å². The van der Waals surface area contributed by atoms with Crippen molar-refractivity contribution < 1.29 is 13.2 Å². The summed E-state index contributed by atoms with van der Waals surface area (Å²) in [5, 5.41) is 0. The molecule has 6 heteroatoms. The second-order valence-electron chi connectivity index (χ2n) is 4.61. The predicted molar refractivity (Wildman–Crippen MR) is 79.6 cm³/mol. The van der Waals surface area contributed by atoms with Crippen LogP contribution >= 0.6 is 11.3 Å². The van der Waals surface area contributed by atoms with Crippen molar-refractivity contribution in [3.05, 3.63) is 51.2 Å². The zero-order valence-corrected chi connectivity index (χ0v) is 13.1. The van der Waals surface area contributed by atoms with E-state index in [4.69, 9.17) is 0 Å². The SMILES string of the molecule is Cc1ccc(C)c(S(=O)(=O)NC(=O)c2ccc(C)s2)c1. The predicted octanol–water partition coefficient (Wildman–Crippen LogP) is 2.79. The van der Waals surface area contributed by atoms with Crippen LogP contribution in [0.5, 0.6) is 0 Å². The Bertz CT molecular complexity index is 760. The van der Waals surface area contributed by atoms with Crippen LogP contribution in [0.15, 0.2) is 35.2 Å². The Morgan fingerprint density at radius 3 is 2.40 bits per heavy atom. The third-order valence-corrected chi connectivity index (χ3v) is 5.30. The number of hydrogen-bond acceptors (Lipinski definition) is 4. The number of aryl methyl sites for hydroxylation is 3. The topological polar surface area (TPSA) is 63.2 Å². The second-order valence-corrected chi connectivity index (χ2v) is 7.55. The summed E-state index contributed by atoms with van der Waals surface area (Å²) in [4.78, 5) is 13.4. The van der Waals surface area contributed by atoms with Gasteiger partial charge in [0.15, 0.2) is 0 Å². The van der Waals surface area contributed by atoms with E-state index in [2.05, 4.69) is 4.72 Å². The van der Waals surface area contributed by atoms with Crippen molar-refractivity contribution in [2.24, 2.45) is 0 Å². The smallest absolute Gasteiger partial charge is 0.267 e. The molecule has 0 fully saturated rings. The van der Waals surface area contributed by atoms with Crippen LogP contribution < -0.4 is 4.72 Å². The Balaban J connectivity index is 2.32. The molecule has 0 aliphatic heterocycles. The van der Waals surface area contributed by atoms with Gasteiger partial charge in [-0.1, -0.05) is 12.1 Å². The van der Waals surface area contributed by atoms with E-state index < -0.39 is 15.9 Å². The standard InChI is InChI=1S/C14H15NO3S2/c1-9-4-5-10(2)13(8-9)20(17,18)15-14(16)12-7-6-11(3)19-12/h4-8H,1-3H3,(H,15,16). The second kappa shape index (κ2) is 5.38. The lowest BCUT2D eigenvalue weighted by atomic mass is 10.2. The average molecular weight is 309 g/mol. The fraction of sp³-hybridized carbons (Fsp3) is 0.214. The van der Waals surface area contributed by atoms with Crippen LogP contribution in [-0.2, 0) is 10.0 Å². The summed E-state index contributed by atoms with van der Waals surface area (Å²) >= 11 is 1.26. The quantitative estimate of drug-likeness (QED) is 0.948. The molecule has 1 aromatic carbocycles. The van der Waals surface area contributed by atoms with Crippen LogP contribution in [0.25, 0.3) is 0 Å². The number of nitrogens with one attached hydrogen (secondary N) is 1. The van der Waals surface area contributed by atoms with Crippen molar-refractivity contribution >= 4 is 27.3 Å². The number of carbonyl (C=O) groups excluding carboxylic acids is 1. The zero-order chi connectivity index (χ0) is 14.9. The van der Waals surface area contributed by atoms with Crippen molar-refractivity contribution in [2.75, 3.05) is 0 Å². The van der Waals surface area contributed by atoms with Gasteiger partial charge in [-0.25, -0.2) is 13.1 Å². The highest BCUT2D eigenvalue weighted by Crippen LogP contribution is 2.19. The lowest BCUT2D eigenvalue weighted by Gasteiger charge is -2.09. The van der Waals surface area contributed by atoms with E-state index >= 15 is 0 Å². The van der Waals surface area contributed by atoms with Gasteiger partial charge in [-0.05, 0) is 50.1 Å². The molecule has 0 radical (unpaired) electrons. The molecule has 1 N–H and O–H groups in total. The maximum atomic E-state index is 12.3. The number of carbonyl (C=O) groups is 1. The molecular formula is C14H15NO3S2. The van der Waals surface area contributed by atoms with Crippen LogP contribution in [0, 0.1) is 20.8 Å². The first-order chi connectivity index (χ1) is 9.29. The summed E-state index contributed by atoms with van der Waals surface area (Å²) in [6.07, 6.45) is 0. The highest BCUT2D eigenvalue weighted by molar-refractivity contribution is 7.90. The molecule has 0 unspecified atom stereocenters. The highest BCUT2D eigenvalue weighted by atomic mass is 32.2. The molecule has 106 valence electrons. The van der Waals surface area contributed by atoms with Gasteiger partial charge in [-0.3, -0.25) is 4.79 Å². The summed E-state index contributed by atoms with van der Waals surface area (Å²) in [5.41, 5.74) is 1.44. The van der Waals surface area contributed by atoms with E-state index in [0.717, 1.165) is 10.4 Å². The Hall–Kier alpha value is -1.66. The fourth-order valence-electron chi connectivity index (χ4n) is 1.78. The molecule has 0 spiro atoms. The zero-order valence-electron chi connectivity index (χ0n) is 11.4. The van der Waals surface area contributed by atoms with Crippen molar-refractivity contribution in [3.63, 3.8) is 0 Å². The van der Waals surface area contributed by atoms with E-state index in [1.165, 1.54) is 11.3 Å². The van der Waals surface area contributed by atoms with Gasteiger partial charge in [0.05, 0.1) is 9.77 Å². The van der Waals surface area contributed by atoms with Gasteiger partial charge in [-0.15, -0.1) is 11.3 Å². The lowest BCUT2D eigenvalue weighted by molar-refractivity contribution is 0.0985. The normalized spacial score (nSPS) is 11.3. The lowest BCUT2D eigenvalue weighted by Crippen LogP contribution is -2.30. The molecule has 20 heavy (non-hydrogen) atoms. The number of hydrogen-bond donors (Lipinski definition) is 1. The Kier molecular flexibility index (Phi) is 3.96. The first-order valence-electron chi connectivity index (χ1n) is 6.00. The third-order valence-electron chi connectivity index (χ3n) is 2.82. The summed E-state index contributed by atoms with van der Waals surface area (Å²) in [7, 11) is -3.84. The maximum absolute atomic E-state index is 12.3. The molecule has 2 rings (SSSR count). The van der Waals surface area contributed by atoms with Crippen LogP contribution in [0.4, 0.5) is 0 Å². The van der Waals surface area contributed by atoms with E-state index in [-0.39, 0.29) is 4.90 Å². The highest BCUT2D eigenvalue weighted by Gasteiger charge is 2.21. The fourth-order valence-corrected chi connectivity index (χ4v) is 3.91. The molecular weight excluding hydrogens is 294 g/mol. The summed E-state index contributed by atoms with van der Waals surface area (Å²) < 4.78 is 26.7. The van der Waals surface area contributed by atoms with Gasteiger partial charge in [-0.2, -0.15) is 0 Å². The van der Waals surface area contributed by atoms with Crippen LogP contribution in [0.3, 0.4) is 0 Å². The molecule has 2 aromatic rings. The van der Waals surface area contributed by atoms with Crippen LogP contribution in [0.1, 0.15) is 25.7 Å². The molecule has 0 bridgehead atoms. The minimum absolute atomic E-state index is 0.138. The molecule has 0 saturated carbocycles. The number of sulfonamides is 1. The van der Waals surface area contributed by atoms with E-state index in [0.29, 0.717) is 10.4 Å². The Morgan fingerprint density at radius 2 is 1.80 bits per heavy atom. The molecule has 1 amide bonds. The number of thiophene rings is 1. The van der Waals surface area contributed by atoms with E-state index in [9.17, 15) is 13.2 Å². The minimum atomic E-state index is -3.84. The number of benzene rings is 1. The molecule has 0 aliphatic carbocycles. The van der Waals surface area contributed by atoms with Gasteiger partial charge in [0.2, 0.25) is 0 Å². The van der Waals surface area contributed by atoms with Gasteiger partial charge in [0, 0.05) is 4.88 Å². The van der Waals surface area contributed by atoms with E-state index in [1.807, 2.05) is 19.9 Å². The van der Waals surface area contributed by atoms with Crippen molar-refractivity contribution in [2.45, 2.75) is 25.7 Å². The first kappa shape index (κ1) is 14.7. The van der Waals surface area contributed by atoms with Crippen molar-refractivity contribution in [1.29, 1.82) is 0 Å². The van der Waals surface area contributed by atoms with Gasteiger partial charge < -0.3 is 0 Å². The third kappa shape index (κ3) is 3.08.